The lowest BCUT2D eigenvalue weighted by molar-refractivity contribution is 0.448. The van der Waals surface area contributed by atoms with Crippen LogP contribution in [0.2, 0.25) is 0 Å². The minimum Gasteiger partial charge on any atom is -0.494 e. The molecule has 1 aromatic rings. The Bertz CT molecular complexity index is 503. The molecular weight excluding hydrogens is 182 g/mol. The van der Waals surface area contributed by atoms with Gasteiger partial charge in [0.05, 0.1) is 0 Å². The number of nitriles is 2. The van der Waals surface area contributed by atoms with Gasteiger partial charge in [-0.2, -0.15) is 10.5 Å². The summed E-state index contributed by atoms with van der Waals surface area (Å²) in [7, 11) is 0. The number of H-pyrrole nitrogens is 1. The number of rotatable bonds is 1. The van der Waals surface area contributed by atoms with E-state index in [-0.39, 0.29) is 16.7 Å². The molecule has 1 aromatic heterocycles. The Kier molecular flexibility index (Phi) is 2.54. The maximum Gasteiger partial charge on any atom is 0.268 e. The number of nitrogens with one attached hydrogen (secondary N) is 1. The zero-order chi connectivity index (χ0) is 10.7. The molecule has 0 aromatic carbocycles. The monoisotopic (exact) mass is 189 g/mol. The molecule has 5 nitrogen and oxygen atoms in total. The van der Waals surface area contributed by atoms with Crippen LogP contribution in [0.1, 0.15) is 23.6 Å². The molecule has 0 spiro atoms. The molecule has 1 rings (SSSR count). The van der Waals surface area contributed by atoms with Crippen LogP contribution in [0.4, 0.5) is 0 Å². The van der Waals surface area contributed by atoms with Crippen molar-refractivity contribution in [1.82, 2.24) is 4.98 Å². The average molecular weight is 189 g/mol. The number of hydrogen-bond donors (Lipinski definition) is 2. The topological polar surface area (TPSA) is 101 Å². The van der Waals surface area contributed by atoms with Gasteiger partial charge in [0.15, 0.2) is 0 Å². The van der Waals surface area contributed by atoms with Crippen LogP contribution in [-0.2, 0) is 6.42 Å². The van der Waals surface area contributed by atoms with Crippen LogP contribution in [0, 0.1) is 22.7 Å². The predicted octanol–water partition coefficient (Wildman–Crippen LogP) is 0.386. The van der Waals surface area contributed by atoms with Crippen molar-refractivity contribution in [1.29, 1.82) is 10.5 Å². The van der Waals surface area contributed by atoms with Crippen LogP contribution < -0.4 is 5.56 Å². The zero-order valence-corrected chi connectivity index (χ0v) is 7.46. The van der Waals surface area contributed by atoms with Gasteiger partial charge in [-0.05, 0) is 12.0 Å². The number of hydrogen-bond acceptors (Lipinski definition) is 4. The first-order valence-corrected chi connectivity index (χ1v) is 3.94. The van der Waals surface area contributed by atoms with Gasteiger partial charge in [-0.15, -0.1) is 0 Å². The predicted molar refractivity (Wildman–Crippen MR) is 47.5 cm³/mol. The lowest BCUT2D eigenvalue weighted by Gasteiger charge is -2.03. The molecule has 0 amide bonds. The number of nitrogens with zero attached hydrogens (tertiary/aromatic N) is 2. The second kappa shape index (κ2) is 3.63. The van der Waals surface area contributed by atoms with E-state index in [4.69, 9.17) is 10.5 Å². The highest BCUT2D eigenvalue weighted by molar-refractivity contribution is 5.51. The summed E-state index contributed by atoms with van der Waals surface area (Å²) in [6.45, 7) is 1.70. The van der Waals surface area contributed by atoms with Crippen molar-refractivity contribution in [2.75, 3.05) is 0 Å². The van der Waals surface area contributed by atoms with Gasteiger partial charge >= 0.3 is 0 Å². The molecule has 0 aliphatic carbocycles. The van der Waals surface area contributed by atoms with E-state index in [9.17, 15) is 9.90 Å². The molecule has 70 valence electrons. The fourth-order valence-electron chi connectivity index (χ4n) is 1.23. The molecule has 0 aliphatic heterocycles. The Labute approximate surface area is 79.9 Å². The van der Waals surface area contributed by atoms with Crippen molar-refractivity contribution < 1.29 is 5.11 Å². The third-order valence-corrected chi connectivity index (χ3v) is 1.88. The first kappa shape index (κ1) is 9.82. The molecule has 0 radical (unpaired) electrons. The Morgan fingerprint density at radius 2 is 1.93 bits per heavy atom. The highest BCUT2D eigenvalue weighted by atomic mass is 16.3. The molecule has 1 heterocycles. The number of pyridine rings is 1. The third-order valence-electron chi connectivity index (χ3n) is 1.88. The second-order valence-electron chi connectivity index (χ2n) is 2.61. The van der Waals surface area contributed by atoms with E-state index >= 15 is 0 Å². The summed E-state index contributed by atoms with van der Waals surface area (Å²) in [6.07, 6.45) is 0.350. The highest BCUT2D eigenvalue weighted by Crippen LogP contribution is 2.18. The standard InChI is InChI=1S/C9H7N3O2/c1-2-5-6(3-10)8(13)12-9(14)7(5)4-11/h2H2,1H3,(H2,12,13,14). The summed E-state index contributed by atoms with van der Waals surface area (Å²) in [5, 5.41) is 26.6. The van der Waals surface area contributed by atoms with E-state index < -0.39 is 11.4 Å². The Hall–Kier alpha value is -2.27. The Morgan fingerprint density at radius 3 is 2.36 bits per heavy atom. The minimum absolute atomic E-state index is 0.0383. The lowest BCUT2D eigenvalue weighted by Crippen LogP contribution is -2.14. The van der Waals surface area contributed by atoms with Gasteiger partial charge in [0.1, 0.15) is 23.3 Å². The van der Waals surface area contributed by atoms with E-state index in [1.54, 1.807) is 19.1 Å². The van der Waals surface area contributed by atoms with Crippen molar-refractivity contribution in [2.45, 2.75) is 13.3 Å². The van der Waals surface area contributed by atoms with Crippen LogP contribution in [0.25, 0.3) is 0 Å². The molecule has 14 heavy (non-hydrogen) atoms. The SMILES string of the molecule is CCc1c(C#N)c(O)[nH]c(=O)c1C#N. The molecule has 0 unspecified atom stereocenters. The van der Waals surface area contributed by atoms with Crippen molar-refractivity contribution in [3.05, 3.63) is 27.0 Å². The van der Waals surface area contributed by atoms with Crippen LogP contribution in [-0.4, -0.2) is 10.1 Å². The van der Waals surface area contributed by atoms with Crippen molar-refractivity contribution in [2.24, 2.45) is 0 Å². The van der Waals surface area contributed by atoms with Gasteiger partial charge in [-0.3, -0.25) is 9.78 Å². The molecule has 0 atom stereocenters. The maximum absolute atomic E-state index is 11.2. The normalized spacial score (nSPS) is 9.07. The molecule has 0 saturated carbocycles. The molecule has 0 aliphatic rings. The fraction of sp³-hybridized carbons (Fsp3) is 0.222. The molecule has 0 saturated heterocycles. The smallest absolute Gasteiger partial charge is 0.268 e. The van der Waals surface area contributed by atoms with Crippen molar-refractivity contribution >= 4 is 0 Å². The summed E-state index contributed by atoms with van der Waals surface area (Å²) in [5.41, 5.74) is -0.525. The Balaban J connectivity index is 3.73. The second-order valence-corrected chi connectivity index (χ2v) is 2.61. The first-order valence-electron chi connectivity index (χ1n) is 3.94. The molecule has 0 fully saturated rings. The summed E-state index contributed by atoms with van der Waals surface area (Å²) in [5.74, 6) is -0.478. The van der Waals surface area contributed by atoms with Gasteiger partial charge in [0, 0.05) is 0 Å². The van der Waals surface area contributed by atoms with Crippen LogP contribution in [0.3, 0.4) is 0 Å². The van der Waals surface area contributed by atoms with Gasteiger partial charge in [0.25, 0.3) is 5.56 Å². The van der Waals surface area contributed by atoms with Crippen LogP contribution in [0.15, 0.2) is 4.79 Å². The zero-order valence-electron chi connectivity index (χ0n) is 7.46. The molecule has 2 N–H and O–H groups in total. The summed E-state index contributed by atoms with van der Waals surface area (Å²) in [6, 6.07) is 3.46. The molecular formula is C9H7N3O2. The summed E-state index contributed by atoms with van der Waals surface area (Å²) in [4.78, 5) is 13.2. The highest BCUT2D eigenvalue weighted by Gasteiger charge is 2.15. The molecule has 0 bridgehead atoms. The fourth-order valence-corrected chi connectivity index (χ4v) is 1.23. The largest absolute Gasteiger partial charge is 0.494 e. The van der Waals surface area contributed by atoms with Gasteiger partial charge in [-0.1, -0.05) is 6.92 Å². The van der Waals surface area contributed by atoms with E-state index in [1.165, 1.54) is 0 Å². The average Bonchev–Trinajstić information content (AvgIpc) is 2.16. The Morgan fingerprint density at radius 1 is 1.36 bits per heavy atom. The van der Waals surface area contributed by atoms with Gasteiger partial charge in [0.2, 0.25) is 5.88 Å². The maximum atomic E-state index is 11.2. The van der Waals surface area contributed by atoms with E-state index in [0.717, 1.165) is 0 Å². The van der Waals surface area contributed by atoms with E-state index in [2.05, 4.69) is 0 Å². The van der Waals surface area contributed by atoms with E-state index in [0.29, 0.717) is 6.42 Å². The quantitative estimate of drug-likeness (QED) is 0.667. The van der Waals surface area contributed by atoms with Crippen molar-refractivity contribution in [3.8, 4) is 18.0 Å². The van der Waals surface area contributed by atoms with Crippen LogP contribution in [0.5, 0.6) is 5.88 Å². The minimum atomic E-state index is -0.666. The van der Waals surface area contributed by atoms with Crippen LogP contribution >= 0.6 is 0 Å². The van der Waals surface area contributed by atoms with E-state index in [1.807, 2.05) is 4.98 Å². The van der Waals surface area contributed by atoms with Crippen molar-refractivity contribution in [3.63, 3.8) is 0 Å². The lowest BCUT2D eigenvalue weighted by atomic mass is 10.0. The summed E-state index contributed by atoms with van der Waals surface area (Å²) >= 11 is 0. The van der Waals surface area contributed by atoms with Gasteiger partial charge in [-0.25, -0.2) is 0 Å². The summed E-state index contributed by atoms with van der Waals surface area (Å²) < 4.78 is 0. The first-order chi connectivity index (χ1) is 6.65. The number of aromatic hydroxyl groups is 1. The number of aromatic nitrogens is 1. The third kappa shape index (κ3) is 1.32. The molecule has 5 heteroatoms. The van der Waals surface area contributed by atoms with Gasteiger partial charge < -0.3 is 5.11 Å². The number of aromatic amines is 1.